The van der Waals surface area contributed by atoms with E-state index in [9.17, 15) is 0 Å². The number of aromatic nitrogens is 1. The number of benzene rings is 1. The molecule has 0 bridgehead atoms. The van der Waals surface area contributed by atoms with Gasteiger partial charge in [-0.15, -0.1) is 11.3 Å². The van der Waals surface area contributed by atoms with E-state index in [1.165, 1.54) is 17.0 Å². The second-order valence-electron chi connectivity index (χ2n) is 3.54. The van der Waals surface area contributed by atoms with Crippen molar-refractivity contribution < 1.29 is 0 Å². The molecule has 0 N–H and O–H groups in total. The van der Waals surface area contributed by atoms with Crippen LogP contribution in [0.1, 0.15) is 13.8 Å². The van der Waals surface area contributed by atoms with Crippen LogP contribution in [0.4, 0.5) is 5.69 Å². The summed E-state index contributed by atoms with van der Waals surface area (Å²) in [6, 6.07) is 8.55. The lowest BCUT2D eigenvalue weighted by atomic mass is 10.1. The van der Waals surface area contributed by atoms with E-state index in [0.717, 1.165) is 24.3 Å². The average Bonchev–Trinajstić information content (AvgIpc) is 2.85. The highest BCUT2D eigenvalue weighted by molar-refractivity contribution is 7.07. The molecule has 0 unspecified atom stereocenters. The highest BCUT2D eigenvalue weighted by Gasteiger charge is 2.03. The second-order valence-corrected chi connectivity index (χ2v) is 4.20. The van der Waals surface area contributed by atoms with E-state index < -0.39 is 0 Å². The summed E-state index contributed by atoms with van der Waals surface area (Å²) < 4.78 is 0. The Kier molecular flexibility index (Phi) is 3.57. The van der Waals surface area contributed by atoms with Gasteiger partial charge in [0.1, 0.15) is 0 Å². The molecule has 2 aromatic rings. The Morgan fingerprint density at radius 1 is 1.19 bits per heavy atom. The number of hydrogen-bond acceptors (Lipinski definition) is 3. The maximum atomic E-state index is 4.18. The molecule has 0 saturated carbocycles. The number of nitrogens with zero attached hydrogens (tertiary/aromatic N) is 2. The first-order valence-corrected chi connectivity index (χ1v) is 6.40. The molecule has 83 valence electrons. The van der Waals surface area contributed by atoms with E-state index in [1.54, 1.807) is 0 Å². The van der Waals surface area contributed by atoms with E-state index in [2.05, 4.69) is 53.5 Å². The third-order valence-electron chi connectivity index (χ3n) is 2.68. The predicted octanol–water partition coefficient (Wildman–Crippen LogP) is 3.46. The Labute approximate surface area is 101 Å². The summed E-state index contributed by atoms with van der Waals surface area (Å²) >= 11 is 1.51. The van der Waals surface area contributed by atoms with Crippen molar-refractivity contribution in [2.75, 3.05) is 18.0 Å². The van der Waals surface area contributed by atoms with Crippen molar-refractivity contribution >= 4 is 17.0 Å². The van der Waals surface area contributed by atoms with Gasteiger partial charge in [0, 0.05) is 29.7 Å². The van der Waals surface area contributed by atoms with Crippen LogP contribution in [0.15, 0.2) is 29.6 Å². The molecule has 0 aliphatic heterocycles. The van der Waals surface area contributed by atoms with E-state index in [4.69, 9.17) is 0 Å². The van der Waals surface area contributed by atoms with Gasteiger partial charge in [-0.3, -0.25) is 0 Å². The van der Waals surface area contributed by atoms with Crippen LogP contribution in [0.2, 0.25) is 0 Å². The lowest BCUT2D eigenvalue weighted by molar-refractivity contribution is 0.866. The smallest absolute Gasteiger partial charge is 0.152 e. The molecule has 0 fully saturated rings. The van der Waals surface area contributed by atoms with E-state index in [1.807, 2.05) is 5.38 Å². The normalized spacial score (nSPS) is 10.4. The van der Waals surface area contributed by atoms with Crippen LogP contribution in [0.5, 0.6) is 0 Å². The van der Waals surface area contributed by atoms with Gasteiger partial charge < -0.3 is 4.90 Å². The monoisotopic (exact) mass is 231 g/mol. The molecule has 3 heteroatoms. The summed E-state index contributed by atoms with van der Waals surface area (Å²) in [4.78, 5) is 6.51. The van der Waals surface area contributed by atoms with Crippen molar-refractivity contribution in [1.29, 1.82) is 0 Å². The van der Waals surface area contributed by atoms with Crippen LogP contribution in [0.3, 0.4) is 0 Å². The van der Waals surface area contributed by atoms with Gasteiger partial charge >= 0.3 is 0 Å². The minimum Gasteiger partial charge on any atom is -0.372 e. The minimum atomic E-state index is 1.01. The first-order valence-electron chi connectivity index (χ1n) is 5.52. The topological polar surface area (TPSA) is 16.1 Å². The van der Waals surface area contributed by atoms with E-state index >= 15 is 0 Å². The third kappa shape index (κ3) is 2.25. The molecule has 0 amide bonds. The van der Waals surface area contributed by atoms with Gasteiger partial charge in [0.25, 0.3) is 0 Å². The van der Waals surface area contributed by atoms with Gasteiger partial charge in [0.15, 0.2) is 5.51 Å². The van der Waals surface area contributed by atoms with Gasteiger partial charge in [-0.25, -0.2) is 4.98 Å². The highest BCUT2D eigenvalue weighted by Crippen LogP contribution is 2.22. The van der Waals surface area contributed by atoms with Crippen LogP contribution in [-0.2, 0) is 0 Å². The zero-order valence-corrected chi connectivity index (χ0v) is 10.4. The lowest BCUT2D eigenvalue weighted by Gasteiger charge is -2.20. The molecule has 1 radical (unpaired) electrons. The molecular weight excluding hydrogens is 216 g/mol. The molecule has 1 aromatic heterocycles. The molecular formula is C13H15N2S. The van der Waals surface area contributed by atoms with Gasteiger partial charge in [0.05, 0.1) is 5.69 Å². The summed E-state index contributed by atoms with van der Waals surface area (Å²) in [5, 5.41) is 2.02. The maximum Gasteiger partial charge on any atom is 0.152 e. The predicted molar refractivity (Wildman–Crippen MR) is 69.9 cm³/mol. The molecule has 0 aliphatic carbocycles. The quantitative estimate of drug-likeness (QED) is 0.801. The zero-order valence-electron chi connectivity index (χ0n) is 9.60. The van der Waals surface area contributed by atoms with Crippen molar-refractivity contribution in [3.05, 3.63) is 35.2 Å². The summed E-state index contributed by atoms with van der Waals surface area (Å²) in [6.07, 6.45) is 0. The lowest BCUT2D eigenvalue weighted by Crippen LogP contribution is -2.21. The van der Waals surface area contributed by atoms with Crippen molar-refractivity contribution in [2.45, 2.75) is 13.8 Å². The molecule has 0 aliphatic rings. The molecule has 2 nitrogen and oxygen atoms in total. The van der Waals surface area contributed by atoms with Gasteiger partial charge in [-0.2, -0.15) is 0 Å². The van der Waals surface area contributed by atoms with Crippen molar-refractivity contribution in [1.82, 2.24) is 4.98 Å². The molecule has 0 atom stereocenters. The van der Waals surface area contributed by atoms with Gasteiger partial charge in [-0.1, -0.05) is 12.1 Å². The van der Waals surface area contributed by atoms with Crippen LogP contribution in [-0.4, -0.2) is 18.1 Å². The number of anilines is 1. The van der Waals surface area contributed by atoms with Crippen LogP contribution < -0.4 is 4.90 Å². The average molecular weight is 231 g/mol. The fourth-order valence-corrected chi connectivity index (χ4v) is 2.25. The SMILES string of the molecule is CCN(CC)c1ccc(-c2cs[c]n2)cc1. The number of hydrogen-bond donors (Lipinski definition) is 0. The Morgan fingerprint density at radius 3 is 2.38 bits per heavy atom. The number of rotatable bonds is 4. The first kappa shape index (κ1) is 11.1. The molecule has 2 rings (SSSR count). The fraction of sp³-hybridized carbons (Fsp3) is 0.308. The Bertz CT molecular complexity index is 416. The molecule has 1 heterocycles. The molecule has 16 heavy (non-hydrogen) atoms. The Balaban J connectivity index is 2.22. The fourth-order valence-electron chi connectivity index (χ4n) is 1.75. The molecule has 0 spiro atoms. The largest absolute Gasteiger partial charge is 0.372 e. The van der Waals surface area contributed by atoms with Crippen LogP contribution >= 0.6 is 11.3 Å². The highest BCUT2D eigenvalue weighted by atomic mass is 32.1. The van der Waals surface area contributed by atoms with E-state index in [-0.39, 0.29) is 0 Å². The second kappa shape index (κ2) is 5.12. The van der Waals surface area contributed by atoms with Crippen LogP contribution in [0, 0.1) is 5.51 Å². The summed E-state index contributed by atoms with van der Waals surface area (Å²) in [5.41, 5.74) is 6.31. The zero-order chi connectivity index (χ0) is 11.4. The molecule has 1 aromatic carbocycles. The summed E-state index contributed by atoms with van der Waals surface area (Å²) in [6.45, 7) is 6.43. The van der Waals surface area contributed by atoms with Gasteiger partial charge in [-0.05, 0) is 26.0 Å². The molecule has 0 saturated heterocycles. The van der Waals surface area contributed by atoms with Crippen LogP contribution in [0.25, 0.3) is 11.3 Å². The standard InChI is InChI=1S/C13H15N2S/c1-3-15(4-2)12-7-5-11(6-8-12)13-9-16-10-14-13/h5-9H,3-4H2,1-2H3. The van der Waals surface area contributed by atoms with Crippen molar-refractivity contribution in [2.24, 2.45) is 0 Å². The van der Waals surface area contributed by atoms with Gasteiger partial charge in [0.2, 0.25) is 0 Å². The maximum absolute atomic E-state index is 4.18. The summed E-state index contributed by atoms with van der Waals surface area (Å²) in [5.74, 6) is 0. The third-order valence-corrected chi connectivity index (χ3v) is 3.22. The van der Waals surface area contributed by atoms with Crippen molar-refractivity contribution in [3.8, 4) is 11.3 Å². The first-order chi connectivity index (χ1) is 7.85. The Morgan fingerprint density at radius 2 is 1.88 bits per heavy atom. The Hall–Kier alpha value is -1.35. The van der Waals surface area contributed by atoms with E-state index in [0.29, 0.717) is 0 Å². The number of thiazole rings is 1. The van der Waals surface area contributed by atoms with Crippen molar-refractivity contribution in [3.63, 3.8) is 0 Å². The minimum absolute atomic E-state index is 1.01. The summed E-state index contributed by atoms with van der Waals surface area (Å²) in [7, 11) is 0.